The van der Waals surface area contributed by atoms with E-state index >= 15 is 0 Å². The molecule has 0 fully saturated rings. The quantitative estimate of drug-likeness (QED) is 0.851. The SMILES string of the molecule is CC(C)(C)CC(CN)c1cccc2ccccc12. The molecule has 0 saturated heterocycles. The minimum atomic E-state index is 0.307. The highest BCUT2D eigenvalue weighted by Gasteiger charge is 2.20. The molecule has 1 unspecified atom stereocenters. The van der Waals surface area contributed by atoms with Gasteiger partial charge < -0.3 is 5.73 Å². The average Bonchev–Trinajstić information content (AvgIpc) is 2.34. The predicted octanol–water partition coefficient (Wildman–Crippen LogP) is 4.32. The van der Waals surface area contributed by atoms with Gasteiger partial charge in [0.1, 0.15) is 0 Å². The molecule has 1 atom stereocenters. The van der Waals surface area contributed by atoms with Crippen molar-refractivity contribution in [3.63, 3.8) is 0 Å². The lowest BCUT2D eigenvalue weighted by Gasteiger charge is -2.26. The maximum atomic E-state index is 6.00. The minimum absolute atomic E-state index is 0.307. The molecule has 2 aromatic carbocycles. The summed E-state index contributed by atoms with van der Waals surface area (Å²) in [5.74, 6) is 0.441. The van der Waals surface area contributed by atoms with Gasteiger partial charge in [0.25, 0.3) is 0 Å². The van der Waals surface area contributed by atoms with Crippen molar-refractivity contribution in [3.05, 3.63) is 48.0 Å². The number of rotatable bonds is 3. The van der Waals surface area contributed by atoms with Gasteiger partial charge in [-0.05, 0) is 40.6 Å². The molecule has 0 bridgehead atoms. The lowest BCUT2D eigenvalue weighted by atomic mass is 9.80. The standard InChI is InChI=1S/C17H23N/c1-17(2,3)11-14(12-18)16-10-6-8-13-7-4-5-9-15(13)16/h4-10,14H,11-12,18H2,1-3H3. The molecule has 1 heteroatoms. The monoisotopic (exact) mass is 241 g/mol. The molecule has 2 N–H and O–H groups in total. The van der Waals surface area contributed by atoms with Gasteiger partial charge in [-0.2, -0.15) is 0 Å². The van der Waals surface area contributed by atoms with Crippen LogP contribution < -0.4 is 5.73 Å². The van der Waals surface area contributed by atoms with Gasteiger partial charge >= 0.3 is 0 Å². The Balaban J connectivity index is 2.45. The Kier molecular flexibility index (Phi) is 3.72. The van der Waals surface area contributed by atoms with Gasteiger partial charge in [-0.15, -0.1) is 0 Å². The van der Waals surface area contributed by atoms with Crippen LogP contribution >= 0.6 is 0 Å². The maximum absolute atomic E-state index is 6.00. The summed E-state index contributed by atoms with van der Waals surface area (Å²) in [6.07, 6.45) is 1.12. The molecule has 0 aliphatic rings. The highest BCUT2D eigenvalue weighted by Crippen LogP contribution is 2.33. The number of fused-ring (bicyclic) bond motifs is 1. The van der Waals surface area contributed by atoms with E-state index in [1.165, 1.54) is 16.3 Å². The van der Waals surface area contributed by atoms with Gasteiger partial charge in [0.2, 0.25) is 0 Å². The van der Waals surface area contributed by atoms with E-state index in [0.717, 1.165) is 6.42 Å². The summed E-state index contributed by atoms with van der Waals surface area (Å²) in [5.41, 5.74) is 7.70. The molecule has 0 radical (unpaired) electrons. The Bertz CT molecular complexity index is 517. The van der Waals surface area contributed by atoms with Gasteiger partial charge in [-0.25, -0.2) is 0 Å². The second-order valence-corrected chi connectivity index (χ2v) is 6.27. The molecular formula is C17H23N. The van der Waals surface area contributed by atoms with Crippen LogP contribution in [0.1, 0.15) is 38.7 Å². The van der Waals surface area contributed by atoms with Crippen LogP contribution in [0.25, 0.3) is 10.8 Å². The first-order valence-electron chi connectivity index (χ1n) is 6.69. The third kappa shape index (κ3) is 2.91. The molecule has 0 aromatic heterocycles. The molecule has 2 rings (SSSR count). The molecule has 0 spiro atoms. The second kappa shape index (κ2) is 5.11. The fourth-order valence-corrected chi connectivity index (χ4v) is 2.67. The molecule has 0 amide bonds. The van der Waals surface area contributed by atoms with Gasteiger partial charge in [0, 0.05) is 0 Å². The summed E-state index contributed by atoms with van der Waals surface area (Å²) in [6, 6.07) is 15.1. The lowest BCUT2D eigenvalue weighted by molar-refractivity contribution is 0.342. The lowest BCUT2D eigenvalue weighted by Crippen LogP contribution is -2.19. The first kappa shape index (κ1) is 13.1. The summed E-state index contributed by atoms with van der Waals surface area (Å²) in [7, 11) is 0. The summed E-state index contributed by atoms with van der Waals surface area (Å²) in [4.78, 5) is 0. The summed E-state index contributed by atoms with van der Waals surface area (Å²) >= 11 is 0. The van der Waals surface area contributed by atoms with E-state index in [0.29, 0.717) is 17.9 Å². The molecule has 96 valence electrons. The third-order valence-electron chi connectivity index (χ3n) is 3.41. The fraction of sp³-hybridized carbons (Fsp3) is 0.412. The Hall–Kier alpha value is -1.34. The van der Waals surface area contributed by atoms with Crippen LogP contribution in [0, 0.1) is 5.41 Å². The van der Waals surface area contributed by atoms with Gasteiger partial charge in [-0.1, -0.05) is 63.2 Å². The van der Waals surface area contributed by atoms with Crippen LogP contribution in [0.3, 0.4) is 0 Å². The van der Waals surface area contributed by atoms with E-state index in [9.17, 15) is 0 Å². The zero-order valence-electron chi connectivity index (χ0n) is 11.6. The fourth-order valence-electron chi connectivity index (χ4n) is 2.67. The predicted molar refractivity (Wildman–Crippen MR) is 79.8 cm³/mol. The zero-order valence-corrected chi connectivity index (χ0v) is 11.6. The van der Waals surface area contributed by atoms with Crippen LogP contribution in [0.4, 0.5) is 0 Å². The second-order valence-electron chi connectivity index (χ2n) is 6.27. The van der Waals surface area contributed by atoms with Gasteiger partial charge in [-0.3, -0.25) is 0 Å². The zero-order chi connectivity index (χ0) is 13.2. The Morgan fingerprint density at radius 2 is 1.67 bits per heavy atom. The van der Waals surface area contributed by atoms with Gasteiger partial charge in [0.05, 0.1) is 0 Å². The number of hydrogen-bond acceptors (Lipinski definition) is 1. The largest absolute Gasteiger partial charge is 0.330 e. The normalized spacial score (nSPS) is 13.8. The highest BCUT2D eigenvalue weighted by molar-refractivity contribution is 5.86. The molecule has 18 heavy (non-hydrogen) atoms. The number of hydrogen-bond donors (Lipinski definition) is 1. The Labute approximate surface area is 110 Å². The van der Waals surface area contributed by atoms with Crippen molar-refractivity contribution in [1.29, 1.82) is 0 Å². The van der Waals surface area contributed by atoms with Crippen molar-refractivity contribution >= 4 is 10.8 Å². The van der Waals surface area contributed by atoms with Crippen LogP contribution in [0.2, 0.25) is 0 Å². The van der Waals surface area contributed by atoms with Gasteiger partial charge in [0.15, 0.2) is 0 Å². The van der Waals surface area contributed by atoms with Crippen LogP contribution in [0.15, 0.2) is 42.5 Å². The summed E-state index contributed by atoms with van der Waals surface area (Å²) in [6.45, 7) is 7.55. The molecule has 0 saturated carbocycles. The first-order chi connectivity index (χ1) is 8.51. The smallest absolute Gasteiger partial charge is 0.000781 e. The highest BCUT2D eigenvalue weighted by atomic mass is 14.6. The minimum Gasteiger partial charge on any atom is -0.330 e. The van der Waals surface area contributed by atoms with Crippen molar-refractivity contribution in [1.82, 2.24) is 0 Å². The summed E-state index contributed by atoms with van der Waals surface area (Å²) < 4.78 is 0. The van der Waals surface area contributed by atoms with E-state index in [1.807, 2.05) is 0 Å². The van der Waals surface area contributed by atoms with E-state index in [1.54, 1.807) is 0 Å². The van der Waals surface area contributed by atoms with E-state index in [4.69, 9.17) is 5.73 Å². The van der Waals surface area contributed by atoms with Crippen LogP contribution in [-0.2, 0) is 0 Å². The summed E-state index contributed by atoms with van der Waals surface area (Å²) in [5, 5.41) is 2.65. The van der Waals surface area contributed by atoms with E-state index in [2.05, 4.69) is 63.2 Å². The van der Waals surface area contributed by atoms with E-state index < -0.39 is 0 Å². The number of benzene rings is 2. The molecule has 1 nitrogen and oxygen atoms in total. The Morgan fingerprint density at radius 3 is 2.33 bits per heavy atom. The van der Waals surface area contributed by atoms with Crippen molar-refractivity contribution in [2.75, 3.05) is 6.54 Å². The molecule has 0 aliphatic carbocycles. The van der Waals surface area contributed by atoms with Crippen molar-refractivity contribution in [2.24, 2.45) is 11.1 Å². The van der Waals surface area contributed by atoms with Crippen LogP contribution in [0.5, 0.6) is 0 Å². The first-order valence-corrected chi connectivity index (χ1v) is 6.69. The topological polar surface area (TPSA) is 26.0 Å². The van der Waals surface area contributed by atoms with E-state index in [-0.39, 0.29) is 0 Å². The Morgan fingerprint density at radius 1 is 1.00 bits per heavy atom. The molecular weight excluding hydrogens is 218 g/mol. The number of nitrogens with two attached hydrogens (primary N) is 1. The molecule has 0 aliphatic heterocycles. The maximum Gasteiger partial charge on any atom is -0.000781 e. The van der Waals surface area contributed by atoms with Crippen molar-refractivity contribution in [3.8, 4) is 0 Å². The molecule has 0 heterocycles. The third-order valence-corrected chi connectivity index (χ3v) is 3.41. The van der Waals surface area contributed by atoms with Crippen molar-refractivity contribution < 1.29 is 0 Å². The van der Waals surface area contributed by atoms with Crippen molar-refractivity contribution in [2.45, 2.75) is 33.1 Å². The average molecular weight is 241 g/mol. The molecule has 2 aromatic rings. The van der Waals surface area contributed by atoms with Crippen LogP contribution in [-0.4, -0.2) is 6.54 Å².